The molecule has 0 unspecified atom stereocenters. The molecule has 0 spiro atoms. The molecule has 5 nitrogen and oxygen atoms in total. The van der Waals surface area contributed by atoms with Crippen LogP contribution in [0.3, 0.4) is 0 Å². The van der Waals surface area contributed by atoms with Gasteiger partial charge in [-0.05, 0) is 23.7 Å². The number of hydrogen-bond acceptors (Lipinski definition) is 4. The highest BCUT2D eigenvalue weighted by Crippen LogP contribution is 2.42. The molecule has 8 heteroatoms. The Balaban J connectivity index is 2.52. The molecule has 0 amide bonds. The van der Waals surface area contributed by atoms with Crippen molar-refractivity contribution in [1.29, 1.82) is 0 Å². The monoisotopic (exact) mass is 500 g/mol. The summed E-state index contributed by atoms with van der Waals surface area (Å²) in [5, 5.41) is 0.454. The number of halogens is 1. The van der Waals surface area contributed by atoms with Crippen LogP contribution in [-0.4, -0.2) is 26.6 Å². The minimum atomic E-state index is -4.69. The molecule has 0 radical (unpaired) electrons. The lowest BCUT2D eigenvalue weighted by molar-refractivity contribution is 0.205. The SMILES string of the molecule is CC(C)(C)[Si](C)(C)O[C@@H](CBr)c1cccc(Cc2ccccc2)c1OS(=O)(=O)O. The van der Waals surface area contributed by atoms with Gasteiger partial charge in [-0.15, -0.1) is 0 Å². The molecule has 1 N–H and O–H groups in total. The van der Waals surface area contributed by atoms with Gasteiger partial charge in [0.15, 0.2) is 14.1 Å². The zero-order valence-corrected chi connectivity index (χ0v) is 20.9. The van der Waals surface area contributed by atoms with E-state index in [4.69, 9.17) is 8.61 Å². The first-order valence-corrected chi connectivity index (χ1v) is 14.8. The first kappa shape index (κ1) is 24.1. The smallest absolute Gasteiger partial charge is 0.409 e. The van der Waals surface area contributed by atoms with Crippen molar-refractivity contribution in [2.75, 3.05) is 5.33 Å². The van der Waals surface area contributed by atoms with Crippen LogP contribution in [0.15, 0.2) is 48.5 Å². The number of para-hydroxylation sites is 1. The molecule has 0 saturated heterocycles. The highest BCUT2D eigenvalue weighted by atomic mass is 79.9. The van der Waals surface area contributed by atoms with Gasteiger partial charge in [0.2, 0.25) is 0 Å². The zero-order chi connectivity index (χ0) is 21.9. The van der Waals surface area contributed by atoms with Gasteiger partial charge in [0.05, 0.1) is 6.10 Å². The van der Waals surface area contributed by atoms with Crippen molar-refractivity contribution in [3.63, 3.8) is 0 Å². The number of hydrogen-bond donors (Lipinski definition) is 1. The minimum absolute atomic E-state index is 0.0147. The standard InChI is InChI=1S/C21H29BrO5SSi/c1-21(2,3)29(4,5)27-19(15-22)18-13-9-12-17(20(18)26-28(23,24)25)14-16-10-7-6-8-11-16/h6-13,19H,14-15H2,1-5H3,(H,23,24,25)/t19-/m0/s1. The summed E-state index contributed by atoms with van der Waals surface area (Å²) < 4.78 is 44.2. The predicted molar refractivity (Wildman–Crippen MR) is 123 cm³/mol. The van der Waals surface area contributed by atoms with Crippen molar-refractivity contribution in [3.05, 3.63) is 65.2 Å². The molecule has 0 fully saturated rings. The van der Waals surface area contributed by atoms with Crippen LogP contribution in [-0.2, 0) is 21.2 Å². The van der Waals surface area contributed by atoms with E-state index in [1.165, 1.54) is 0 Å². The molecule has 0 aliphatic heterocycles. The van der Waals surface area contributed by atoms with Gasteiger partial charge in [-0.25, -0.2) is 0 Å². The van der Waals surface area contributed by atoms with Gasteiger partial charge >= 0.3 is 10.4 Å². The van der Waals surface area contributed by atoms with E-state index < -0.39 is 24.8 Å². The van der Waals surface area contributed by atoms with E-state index in [0.717, 1.165) is 5.56 Å². The summed E-state index contributed by atoms with van der Waals surface area (Å²) in [6, 6.07) is 15.1. The van der Waals surface area contributed by atoms with Gasteiger partial charge in [-0.3, -0.25) is 4.55 Å². The fourth-order valence-corrected chi connectivity index (χ4v) is 5.14. The van der Waals surface area contributed by atoms with Gasteiger partial charge in [0.25, 0.3) is 0 Å². The molecule has 1 atom stereocenters. The summed E-state index contributed by atoms with van der Waals surface area (Å²) in [6.45, 7) is 10.7. The van der Waals surface area contributed by atoms with Crippen LogP contribution >= 0.6 is 15.9 Å². The maximum absolute atomic E-state index is 11.6. The van der Waals surface area contributed by atoms with Gasteiger partial charge in [0.1, 0.15) is 0 Å². The lowest BCUT2D eigenvalue weighted by Crippen LogP contribution is -2.42. The second kappa shape index (κ2) is 9.30. The van der Waals surface area contributed by atoms with E-state index in [2.05, 4.69) is 49.8 Å². The van der Waals surface area contributed by atoms with Crippen molar-refractivity contribution >= 4 is 34.6 Å². The van der Waals surface area contributed by atoms with E-state index in [-0.39, 0.29) is 10.8 Å². The second-order valence-electron chi connectivity index (χ2n) is 8.53. The quantitative estimate of drug-likeness (QED) is 0.276. The zero-order valence-electron chi connectivity index (χ0n) is 17.5. The van der Waals surface area contributed by atoms with Gasteiger partial charge in [-0.2, -0.15) is 8.42 Å². The first-order chi connectivity index (χ1) is 13.3. The molecule has 29 heavy (non-hydrogen) atoms. The third-order valence-electron chi connectivity index (χ3n) is 5.28. The number of benzene rings is 2. The molecular weight excluding hydrogens is 472 g/mol. The minimum Gasteiger partial charge on any atom is -0.409 e. The van der Waals surface area contributed by atoms with E-state index in [0.29, 0.717) is 22.9 Å². The van der Waals surface area contributed by atoms with E-state index in [9.17, 15) is 13.0 Å². The van der Waals surface area contributed by atoms with Crippen LogP contribution in [0, 0.1) is 0 Å². The number of alkyl halides is 1. The van der Waals surface area contributed by atoms with Gasteiger partial charge in [0, 0.05) is 22.9 Å². The summed E-state index contributed by atoms with van der Waals surface area (Å²) >= 11 is 3.51. The van der Waals surface area contributed by atoms with Crippen LogP contribution in [0.4, 0.5) is 0 Å². The van der Waals surface area contributed by atoms with Gasteiger partial charge < -0.3 is 8.61 Å². The Morgan fingerprint density at radius 2 is 1.69 bits per heavy atom. The van der Waals surface area contributed by atoms with Gasteiger partial charge in [-0.1, -0.05) is 85.2 Å². The average molecular weight is 502 g/mol. The Bertz CT molecular complexity index is 924. The Hall–Kier alpha value is -1.19. The van der Waals surface area contributed by atoms with Crippen LogP contribution in [0.5, 0.6) is 5.75 Å². The predicted octanol–water partition coefficient (Wildman–Crippen LogP) is 5.92. The third kappa shape index (κ3) is 6.65. The van der Waals surface area contributed by atoms with Crippen LogP contribution in [0.25, 0.3) is 0 Å². The molecule has 2 aromatic carbocycles. The van der Waals surface area contributed by atoms with Crippen molar-refractivity contribution in [3.8, 4) is 5.75 Å². The maximum atomic E-state index is 11.6. The molecule has 2 aromatic rings. The number of rotatable bonds is 8. The summed E-state index contributed by atoms with van der Waals surface area (Å²) in [7, 11) is -6.83. The second-order valence-corrected chi connectivity index (χ2v) is 15.0. The largest absolute Gasteiger partial charge is 0.446 e. The molecule has 2 rings (SSSR count). The van der Waals surface area contributed by atoms with Crippen molar-refractivity contribution in [2.45, 2.75) is 51.4 Å². The van der Waals surface area contributed by atoms with Crippen molar-refractivity contribution in [2.24, 2.45) is 0 Å². The molecule has 0 heterocycles. The molecule has 0 aliphatic rings. The molecule has 160 valence electrons. The summed E-state index contributed by atoms with van der Waals surface area (Å²) in [6.07, 6.45) is 0.0533. The lowest BCUT2D eigenvalue weighted by atomic mass is 9.99. The van der Waals surface area contributed by atoms with E-state index >= 15 is 0 Å². The summed E-state index contributed by atoms with van der Waals surface area (Å²) in [4.78, 5) is 0. The Kier molecular flexibility index (Phi) is 7.72. The fourth-order valence-electron chi connectivity index (χ4n) is 2.73. The molecule has 0 aliphatic carbocycles. The summed E-state index contributed by atoms with van der Waals surface area (Å²) in [5.41, 5.74) is 2.26. The van der Waals surface area contributed by atoms with E-state index in [1.807, 2.05) is 36.4 Å². The maximum Gasteiger partial charge on any atom is 0.446 e. The molecule has 0 aromatic heterocycles. The Labute approximate surface area is 183 Å². The Morgan fingerprint density at radius 3 is 2.21 bits per heavy atom. The van der Waals surface area contributed by atoms with Crippen LogP contribution in [0.1, 0.15) is 43.6 Å². The molecule has 0 bridgehead atoms. The van der Waals surface area contributed by atoms with Crippen molar-refractivity contribution < 1.29 is 21.6 Å². The van der Waals surface area contributed by atoms with Crippen molar-refractivity contribution in [1.82, 2.24) is 0 Å². The normalized spacial score (nSPS) is 13.9. The Morgan fingerprint density at radius 1 is 1.07 bits per heavy atom. The highest BCUT2D eigenvalue weighted by molar-refractivity contribution is 9.09. The molecular formula is C21H29BrO5SSi. The van der Waals surface area contributed by atoms with Crippen LogP contribution < -0.4 is 4.18 Å². The topological polar surface area (TPSA) is 72.8 Å². The fraction of sp³-hybridized carbons (Fsp3) is 0.429. The third-order valence-corrected chi connectivity index (χ3v) is 10.7. The summed E-state index contributed by atoms with van der Waals surface area (Å²) in [5.74, 6) is 0.127. The first-order valence-electron chi connectivity index (χ1n) is 9.40. The lowest BCUT2D eigenvalue weighted by Gasteiger charge is -2.39. The highest BCUT2D eigenvalue weighted by Gasteiger charge is 2.40. The molecule has 0 saturated carbocycles. The van der Waals surface area contributed by atoms with Crippen LogP contribution in [0.2, 0.25) is 18.1 Å². The average Bonchev–Trinajstić information content (AvgIpc) is 2.60. The van der Waals surface area contributed by atoms with E-state index in [1.54, 1.807) is 12.1 Å².